The van der Waals surface area contributed by atoms with Gasteiger partial charge in [-0.2, -0.15) is 0 Å². The smallest absolute Gasteiger partial charge is 0.270 e. The van der Waals surface area contributed by atoms with Crippen LogP contribution in [0.3, 0.4) is 0 Å². The third kappa shape index (κ3) is 5.57. The molecule has 5 heteroatoms. The molecular weight excluding hydrogens is 310 g/mol. The Morgan fingerprint density at radius 2 is 2.13 bits per heavy atom. The highest BCUT2D eigenvalue weighted by atomic mass is 35.5. The van der Waals surface area contributed by atoms with Crippen molar-refractivity contribution in [3.63, 3.8) is 0 Å². The molecule has 122 valence electrons. The number of benzene rings is 1. The van der Waals surface area contributed by atoms with Crippen molar-refractivity contribution >= 4 is 23.2 Å². The van der Waals surface area contributed by atoms with E-state index in [1.54, 1.807) is 12.3 Å². The van der Waals surface area contributed by atoms with Crippen LogP contribution in [0.2, 0.25) is 5.02 Å². The minimum Gasteiger partial charge on any atom is -0.383 e. The van der Waals surface area contributed by atoms with Gasteiger partial charge in [0.15, 0.2) is 0 Å². The highest BCUT2D eigenvalue weighted by molar-refractivity contribution is 6.30. The molecule has 1 heterocycles. The Morgan fingerprint density at radius 1 is 1.30 bits per heavy atom. The second-order valence-corrected chi connectivity index (χ2v) is 5.96. The van der Waals surface area contributed by atoms with Gasteiger partial charge in [-0.25, -0.2) is 4.98 Å². The van der Waals surface area contributed by atoms with Crippen molar-refractivity contribution in [3.8, 4) is 0 Å². The van der Waals surface area contributed by atoms with E-state index in [1.807, 2.05) is 44.2 Å². The van der Waals surface area contributed by atoms with Gasteiger partial charge >= 0.3 is 0 Å². The standard InChI is InChI=1S/C18H22ClN3O/c1-3-13(2)22-18(23)17-8-7-16(12-21-17)20-10-9-14-5-4-6-15(19)11-14/h4-8,11-13,20H,3,9-10H2,1-2H3,(H,22,23). The van der Waals surface area contributed by atoms with Crippen LogP contribution in [0.15, 0.2) is 42.6 Å². The van der Waals surface area contributed by atoms with Gasteiger partial charge in [0.2, 0.25) is 0 Å². The Kier molecular flexibility index (Phi) is 6.41. The molecule has 1 unspecified atom stereocenters. The van der Waals surface area contributed by atoms with Gasteiger partial charge in [-0.3, -0.25) is 4.79 Å². The molecule has 0 aliphatic heterocycles. The fourth-order valence-electron chi connectivity index (χ4n) is 2.08. The Labute approximate surface area is 142 Å². The lowest BCUT2D eigenvalue weighted by Crippen LogP contribution is -2.32. The predicted molar refractivity (Wildman–Crippen MR) is 95.1 cm³/mol. The van der Waals surface area contributed by atoms with Gasteiger partial charge in [0.25, 0.3) is 5.91 Å². The molecule has 0 spiro atoms. The van der Waals surface area contributed by atoms with E-state index in [-0.39, 0.29) is 11.9 Å². The molecule has 23 heavy (non-hydrogen) atoms. The lowest BCUT2D eigenvalue weighted by molar-refractivity contribution is 0.0934. The van der Waals surface area contributed by atoms with E-state index in [1.165, 1.54) is 5.56 Å². The number of anilines is 1. The number of amides is 1. The van der Waals surface area contributed by atoms with E-state index in [2.05, 4.69) is 15.6 Å². The molecule has 0 radical (unpaired) electrons. The first kappa shape index (κ1) is 17.3. The molecule has 2 aromatic rings. The highest BCUT2D eigenvalue weighted by Crippen LogP contribution is 2.12. The summed E-state index contributed by atoms with van der Waals surface area (Å²) < 4.78 is 0. The first-order valence-electron chi connectivity index (χ1n) is 7.83. The third-order valence-electron chi connectivity index (χ3n) is 3.62. The Morgan fingerprint density at radius 3 is 2.78 bits per heavy atom. The van der Waals surface area contributed by atoms with Crippen LogP contribution in [0, 0.1) is 0 Å². The molecule has 1 atom stereocenters. The number of nitrogens with zero attached hydrogens (tertiary/aromatic N) is 1. The van der Waals surface area contributed by atoms with Gasteiger partial charge in [-0.05, 0) is 49.6 Å². The van der Waals surface area contributed by atoms with Crippen molar-refractivity contribution in [2.45, 2.75) is 32.7 Å². The van der Waals surface area contributed by atoms with Gasteiger partial charge in [0.05, 0.1) is 11.9 Å². The van der Waals surface area contributed by atoms with Crippen LogP contribution >= 0.6 is 11.6 Å². The summed E-state index contributed by atoms with van der Waals surface area (Å²) in [6.07, 6.45) is 3.45. The molecule has 4 nitrogen and oxygen atoms in total. The first-order chi connectivity index (χ1) is 11.1. The number of carbonyl (C=O) groups is 1. The molecule has 0 saturated carbocycles. The minimum absolute atomic E-state index is 0.134. The van der Waals surface area contributed by atoms with Crippen molar-refractivity contribution in [1.29, 1.82) is 0 Å². The zero-order valence-electron chi connectivity index (χ0n) is 13.5. The van der Waals surface area contributed by atoms with Gasteiger partial charge in [-0.1, -0.05) is 30.7 Å². The molecule has 0 aliphatic rings. The summed E-state index contributed by atoms with van der Waals surface area (Å²) in [6, 6.07) is 11.6. The summed E-state index contributed by atoms with van der Waals surface area (Å²) in [5.74, 6) is -0.134. The number of rotatable bonds is 7. The zero-order chi connectivity index (χ0) is 16.7. The van der Waals surface area contributed by atoms with E-state index in [4.69, 9.17) is 11.6 Å². The number of halogens is 1. The van der Waals surface area contributed by atoms with E-state index >= 15 is 0 Å². The topological polar surface area (TPSA) is 54.0 Å². The maximum Gasteiger partial charge on any atom is 0.270 e. The molecule has 1 aromatic heterocycles. The van der Waals surface area contributed by atoms with E-state index in [9.17, 15) is 4.79 Å². The Bertz CT molecular complexity index is 643. The Balaban J connectivity index is 1.84. The van der Waals surface area contributed by atoms with Crippen molar-refractivity contribution in [2.24, 2.45) is 0 Å². The number of hydrogen-bond acceptors (Lipinski definition) is 3. The van der Waals surface area contributed by atoms with Gasteiger partial charge < -0.3 is 10.6 Å². The maximum absolute atomic E-state index is 11.9. The lowest BCUT2D eigenvalue weighted by Gasteiger charge is -2.11. The average Bonchev–Trinajstić information content (AvgIpc) is 2.55. The SMILES string of the molecule is CCC(C)NC(=O)c1ccc(NCCc2cccc(Cl)c2)cn1. The van der Waals surface area contributed by atoms with Crippen molar-refractivity contribution in [2.75, 3.05) is 11.9 Å². The van der Waals surface area contributed by atoms with Gasteiger partial charge in [-0.15, -0.1) is 0 Å². The largest absolute Gasteiger partial charge is 0.383 e. The van der Waals surface area contributed by atoms with Gasteiger partial charge in [0.1, 0.15) is 5.69 Å². The second-order valence-electron chi connectivity index (χ2n) is 5.52. The third-order valence-corrected chi connectivity index (χ3v) is 3.85. The molecule has 0 fully saturated rings. The molecule has 1 amide bonds. The summed E-state index contributed by atoms with van der Waals surface area (Å²) in [5, 5.41) is 6.95. The number of nitrogens with one attached hydrogen (secondary N) is 2. The van der Waals surface area contributed by atoms with Crippen LogP contribution in [-0.4, -0.2) is 23.5 Å². The van der Waals surface area contributed by atoms with E-state index in [0.29, 0.717) is 5.69 Å². The minimum atomic E-state index is -0.134. The van der Waals surface area contributed by atoms with E-state index < -0.39 is 0 Å². The molecule has 0 bridgehead atoms. The van der Waals surface area contributed by atoms with Crippen LogP contribution in [0.4, 0.5) is 5.69 Å². The molecule has 0 aliphatic carbocycles. The number of hydrogen-bond donors (Lipinski definition) is 2. The summed E-state index contributed by atoms with van der Waals surface area (Å²) in [6.45, 7) is 4.79. The fraction of sp³-hybridized carbons (Fsp3) is 0.333. The molecule has 2 rings (SSSR count). The number of aromatic nitrogens is 1. The van der Waals surface area contributed by atoms with Crippen molar-refractivity contribution in [3.05, 3.63) is 58.9 Å². The highest BCUT2D eigenvalue weighted by Gasteiger charge is 2.09. The summed E-state index contributed by atoms with van der Waals surface area (Å²) in [5.41, 5.74) is 2.51. The van der Waals surface area contributed by atoms with Crippen molar-refractivity contribution in [1.82, 2.24) is 10.3 Å². The number of pyridine rings is 1. The van der Waals surface area contributed by atoms with Gasteiger partial charge in [0, 0.05) is 17.6 Å². The predicted octanol–water partition coefficient (Wildman–Crippen LogP) is 3.92. The van der Waals surface area contributed by atoms with Crippen molar-refractivity contribution < 1.29 is 4.79 Å². The first-order valence-corrected chi connectivity index (χ1v) is 8.21. The van der Waals surface area contributed by atoms with E-state index in [0.717, 1.165) is 30.1 Å². The monoisotopic (exact) mass is 331 g/mol. The van der Waals surface area contributed by atoms with Crippen LogP contribution in [0.5, 0.6) is 0 Å². The maximum atomic E-state index is 11.9. The second kappa shape index (κ2) is 8.53. The summed E-state index contributed by atoms with van der Waals surface area (Å²) in [7, 11) is 0. The summed E-state index contributed by atoms with van der Waals surface area (Å²) in [4.78, 5) is 16.2. The Hall–Kier alpha value is -2.07. The molecule has 2 N–H and O–H groups in total. The molecular formula is C18H22ClN3O. The van der Waals surface area contributed by atoms with Crippen LogP contribution in [0.1, 0.15) is 36.3 Å². The zero-order valence-corrected chi connectivity index (χ0v) is 14.2. The van der Waals surface area contributed by atoms with Crippen LogP contribution in [-0.2, 0) is 6.42 Å². The number of carbonyl (C=O) groups excluding carboxylic acids is 1. The summed E-state index contributed by atoms with van der Waals surface area (Å²) >= 11 is 5.97. The molecule has 0 saturated heterocycles. The van der Waals surface area contributed by atoms with Crippen LogP contribution in [0.25, 0.3) is 0 Å². The average molecular weight is 332 g/mol. The molecule has 1 aromatic carbocycles. The quantitative estimate of drug-likeness (QED) is 0.808. The lowest BCUT2D eigenvalue weighted by atomic mass is 10.1. The van der Waals surface area contributed by atoms with Crippen LogP contribution < -0.4 is 10.6 Å². The fourth-order valence-corrected chi connectivity index (χ4v) is 2.29. The normalized spacial score (nSPS) is 11.8.